The zero-order valence-corrected chi connectivity index (χ0v) is 14.9. The molecule has 2 N–H and O–H groups in total. The molecule has 0 aromatic heterocycles. The molecule has 0 amide bonds. The van der Waals surface area contributed by atoms with Crippen LogP contribution in [0.3, 0.4) is 0 Å². The van der Waals surface area contributed by atoms with Crippen LogP contribution in [0, 0.1) is 29.6 Å². The molecule has 25 heavy (non-hydrogen) atoms. The topological polar surface area (TPSA) is 79.1 Å². The Kier molecular flexibility index (Phi) is 7.27. The third kappa shape index (κ3) is 5.75. The first-order chi connectivity index (χ1) is 12.0. The highest BCUT2D eigenvalue weighted by molar-refractivity contribution is 5.87. The molecule has 0 bridgehead atoms. The molecule has 0 aromatic carbocycles. The first-order valence-electron chi connectivity index (χ1n) is 8.86. The number of hydrogen-bond acceptors (Lipinski definition) is 4. The molecular formula is C20H27NO4. The van der Waals surface area contributed by atoms with Crippen molar-refractivity contribution >= 4 is 11.7 Å². The molecule has 2 aliphatic rings. The van der Waals surface area contributed by atoms with Gasteiger partial charge in [-0.05, 0) is 49.5 Å². The summed E-state index contributed by atoms with van der Waals surface area (Å²) in [4.78, 5) is 15.6. The van der Waals surface area contributed by atoms with Gasteiger partial charge in [-0.2, -0.15) is 0 Å². The SMILES string of the molecule is CC#CCC(C)C(O)/C=C\C1=CC[C@@H]2C/C(=N\OCCC(=O)O)C[C@@H]12. The molecular weight excluding hydrogens is 318 g/mol. The number of carbonyl (C=O) groups is 1. The number of fused-ring (bicyclic) bond motifs is 1. The van der Waals surface area contributed by atoms with Gasteiger partial charge >= 0.3 is 5.97 Å². The van der Waals surface area contributed by atoms with Crippen molar-refractivity contribution in [1.82, 2.24) is 0 Å². The summed E-state index contributed by atoms with van der Waals surface area (Å²) in [7, 11) is 0. The van der Waals surface area contributed by atoms with E-state index in [0.717, 1.165) is 25.0 Å². The molecule has 0 saturated heterocycles. The average molecular weight is 345 g/mol. The fourth-order valence-electron chi connectivity index (χ4n) is 3.34. The van der Waals surface area contributed by atoms with Crippen molar-refractivity contribution in [2.24, 2.45) is 22.9 Å². The van der Waals surface area contributed by atoms with Gasteiger partial charge in [0.15, 0.2) is 0 Å². The van der Waals surface area contributed by atoms with E-state index in [9.17, 15) is 9.90 Å². The Hall–Kier alpha value is -2.06. The lowest BCUT2D eigenvalue weighted by atomic mass is 9.93. The molecule has 5 heteroatoms. The second-order valence-electron chi connectivity index (χ2n) is 6.81. The van der Waals surface area contributed by atoms with Crippen LogP contribution < -0.4 is 0 Å². The van der Waals surface area contributed by atoms with Gasteiger partial charge in [0.25, 0.3) is 0 Å². The molecule has 0 radical (unpaired) electrons. The van der Waals surface area contributed by atoms with Crippen LogP contribution in [0.4, 0.5) is 0 Å². The van der Waals surface area contributed by atoms with Crippen LogP contribution in [-0.2, 0) is 9.63 Å². The van der Waals surface area contributed by atoms with Crippen molar-refractivity contribution in [3.05, 3.63) is 23.8 Å². The summed E-state index contributed by atoms with van der Waals surface area (Å²) in [5.74, 6) is 6.07. The van der Waals surface area contributed by atoms with Crippen molar-refractivity contribution in [3.63, 3.8) is 0 Å². The first kappa shape index (κ1) is 19.3. The maximum atomic E-state index is 10.5. The van der Waals surface area contributed by atoms with E-state index in [2.05, 4.69) is 23.1 Å². The lowest BCUT2D eigenvalue weighted by Crippen LogP contribution is -2.14. The molecule has 0 heterocycles. The highest BCUT2D eigenvalue weighted by Crippen LogP contribution is 2.43. The van der Waals surface area contributed by atoms with Crippen molar-refractivity contribution in [2.45, 2.75) is 52.1 Å². The summed E-state index contributed by atoms with van der Waals surface area (Å²) in [6.45, 7) is 3.92. The molecule has 2 aliphatic carbocycles. The fourth-order valence-corrected chi connectivity index (χ4v) is 3.34. The molecule has 4 atom stereocenters. The Morgan fingerprint density at radius 2 is 2.32 bits per heavy atom. The Labute approximate surface area is 149 Å². The normalized spacial score (nSPS) is 26.0. The minimum Gasteiger partial charge on any atom is -0.481 e. The monoisotopic (exact) mass is 345 g/mol. The number of aliphatic hydroxyl groups excluding tert-OH is 1. The number of carboxylic acids is 1. The minimum absolute atomic E-state index is 0.0317. The summed E-state index contributed by atoms with van der Waals surface area (Å²) in [5, 5.41) is 22.9. The summed E-state index contributed by atoms with van der Waals surface area (Å²) < 4.78 is 0. The van der Waals surface area contributed by atoms with Crippen LogP contribution >= 0.6 is 0 Å². The fraction of sp³-hybridized carbons (Fsp3) is 0.600. The lowest BCUT2D eigenvalue weighted by molar-refractivity contribution is -0.138. The number of carboxylic acid groups (broad SMARTS) is 1. The van der Waals surface area contributed by atoms with Gasteiger partial charge in [0, 0.05) is 6.42 Å². The van der Waals surface area contributed by atoms with Gasteiger partial charge in [-0.25, -0.2) is 0 Å². The summed E-state index contributed by atoms with van der Waals surface area (Å²) in [6.07, 6.45) is 9.09. The van der Waals surface area contributed by atoms with Gasteiger partial charge < -0.3 is 15.1 Å². The van der Waals surface area contributed by atoms with Gasteiger partial charge in [-0.15, -0.1) is 11.8 Å². The number of aliphatic carboxylic acids is 1. The minimum atomic E-state index is -0.878. The first-order valence-corrected chi connectivity index (χ1v) is 8.86. The van der Waals surface area contributed by atoms with E-state index >= 15 is 0 Å². The lowest BCUT2D eigenvalue weighted by Gasteiger charge is -2.14. The summed E-state index contributed by atoms with van der Waals surface area (Å²) in [5.41, 5.74) is 2.26. The third-order valence-electron chi connectivity index (χ3n) is 4.88. The van der Waals surface area contributed by atoms with Gasteiger partial charge in [0.2, 0.25) is 0 Å². The van der Waals surface area contributed by atoms with E-state index < -0.39 is 12.1 Å². The molecule has 136 valence electrons. The highest BCUT2D eigenvalue weighted by atomic mass is 16.6. The van der Waals surface area contributed by atoms with Crippen LogP contribution in [0.15, 0.2) is 29.0 Å². The molecule has 2 rings (SSSR count). The maximum absolute atomic E-state index is 10.5. The number of hydrogen-bond donors (Lipinski definition) is 2. The smallest absolute Gasteiger partial charge is 0.306 e. The van der Waals surface area contributed by atoms with Crippen LogP contribution in [0.25, 0.3) is 0 Å². The number of oxime groups is 1. The Balaban J connectivity index is 1.84. The molecule has 2 unspecified atom stereocenters. The van der Waals surface area contributed by atoms with Crippen molar-refractivity contribution in [3.8, 4) is 11.8 Å². The standard InChI is InChI=1S/C20H27NO4/c1-3-4-5-14(2)19(22)9-8-15-6-7-16-12-17(13-18(15)16)21-25-11-10-20(23)24/h6,8-9,14,16,18-19,22H,5,7,10-13H2,1-2H3,(H,23,24)/b9-8-,21-17+/t14?,16-,18+,19?/m1/s1. The van der Waals surface area contributed by atoms with Crippen LogP contribution in [0.2, 0.25) is 0 Å². The number of allylic oxidation sites excluding steroid dienone is 3. The van der Waals surface area contributed by atoms with E-state index in [4.69, 9.17) is 9.94 Å². The Morgan fingerprint density at radius 1 is 1.52 bits per heavy atom. The molecule has 0 aromatic rings. The van der Waals surface area contributed by atoms with Gasteiger partial charge in [0.1, 0.15) is 6.61 Å². The van der Waals surface area contributed by atoms with Gasteiger partial charge in [-0.3, -0.25) is 4.79 Å². The van der Waals surface area contributed by atoms with Crippen LogP contribution in [0.5, 0.6) is 0 Å². The predicted octanol–water partition coefficient (Wildman–Crippen LogP) is 3.16. The molecule has 0 spiro atoms. The van der Waals surface area contributed by atoms with E-state index in [-0.39, 0.29) is 18.9 Å². The average Bonchev–Trinajstić information content (AvgIpc) is 3.14. The largest absolute Gasteiger partial charge is 0.481 e. The number of rotatable bonds is 8. The second kappa shape index (κ2) is 9.43. The highest BCUT2D eigenvalue weighted by Gasteiger charge is 2.36. The van der Waals surface area contributed by atoms with Crippen LogP contribution in [-0.4, -0.2) is 34.6 Å². The van der Waals surface area contributed by atoms with Gasteiger partial charge in [0.05, 0.1) is 18.2 Å². The molecule has 0 aliphatic heterocycles. The van der Waals surface area contributed by atoms with E-state index in [1.165, 1.54) is 5.57 Å². The number of aliphatic hydroxyl groups is 1. The van der Waals surface area contributed by atoms with E-state index in [0.29, 0.717) is 18.3 Å². The maximum Gasteiger partial charge on any atom is 0.306 e. The quantitative estimate of drug-likeness (QED) is 0.402. The second-order valence-corrected chi connectivity index (χ2v) is 6.81. The zero-order valence-electron chi connectivity index (χ0n) is 14.9. The van der Waals surface area contributed by atoms with Crippen molar-refractivity contribution in [1.29, 1.82) is 0 Å². The number of nitrogens with zero attached hydrogens (tertiary/aromatic N) is 1. The third-order valence-corrected chi connectivity index (χ3v) is 4.88. The van der Waals surface area contributed by atoms with E-state index in [1.807, 2.05) is 26.0 Å². The van der Waals surface area contributed by atoms with Gasteiger partial charge in [-0.1, -0.05) is 30.3 Å². The van der Waals surface area contributed by atoms with Crippen molar-refractivity contribution in [2.75, 3.05) is 6.61 Å². The zero-order chi connectivity index (χ0) is 18.2. The molecule has 5 nitrogen and oxygen atoms in total. The molecule has 1 fully saturated rings. The Bertz CT molecular complexity index is 623. The summed E-state index contributed by atoms with van der Waals surface area (Å²) >= 11 is 0. The summed E-state index contributed by atoms with van der Waals surface area (Å²) in [6, 6.07) is 0. The van der Waals surface area contributed by atoms with Crippen molar-refractivity contribution < 1.29 is 19.8 Å². The molecule has 1 saturated carbocycles. The predicted molar refractivity (Wildman–Crippen MR) is 96.9 cm³/mol. The van der Waals surface area contributed by atoms with E-state index in [1.54, 1.807) is 0 Å². The Morgan fingerprint density at radius 3 is 3.04 bits per heavy atom. The van der Waals surface area contributed by atoms with Crippen LogP contribution in [0.1, 0.15) is 46.0 Å².